The van der Waals surface area contributed by atoms with Crippen molar-refractivity contribution in [3.8, 4) is 0 Å². The summed E-state index contributed by atoms with van der Waals surface area (Å²) in [5.41, 5.74) is 0.581. The van der Waals surface area contributed by atoms with E-state index in [0.717, 1.165) is 31.6 Å². The minimum Gasteiger partial charge on any atom is -0.356 e. The second-order valence-electron chi connectivity index (χ2n) is 10.7. The first-order valence-electron chi connectivity index (χ1n) is 13.2. The van der Waals surface area contributed by atoms with Crippen LogP contribution in [0.2, 0.25) is 0 Å². The maximum Gasteiger partial charge on any atom is 0.250 e. The number of halogens is 1. The first-order valence-corrected chi connectivity index (χ1v) is 15.1. The highest BCUT2D eigenvalue weighted by Crippen LogP contribution is 2.43. The molecule has 0 radical (unpaired) electrons. The molecule has 0 unspecified atom stereocenters. The molecule has 1 aromatic rings. The quantitative estimate of drug-likeness (QED) is 0.415. The molecule has 2 saturated heterocycles. The highest BCUT2D eigenvalue weighted by molar-refractivity contribution is 7.94. The molecule has 1 aliphatic carbocycles. The molecule has 212 valence electrons. The summed E-state index contributed by atoms with van der Waals surface area (Å²) < 4.78 is 38.1. The van der Waals surface area contributed by atoms with E-state index < -0.39 is 56.8 Å². The molecule has 4 rings (SSSR count). The second kappa shape index (κ2) is 11.8. The lowest BCUT2D eigenvalue weighted by Gasteiger charge is -2.32. The number of sulfone groups is 1. The van der Waals surface area contributed by atoms with Crippen LogP contribution in [0.5, 0.6) is 0 Å². The number of hydrogen-bond acceptors (Lipinski definition) is 6. The van der Waals surface area contributed by atoms with Crippen molar-refractivity contribution in [3.05, 3.63) is 47.1 Å². The van der Waals surface area contributed by atoms with Gasteiger partial charge in [-0.05, 0) is 49.2 Å². The standard InChI is InChI=1S/C27H35FN4O6S/c1-16(33)30-23(17-7-4-3-5-8-17)27(36)32-15-19-9-6-10-21(19)24(32)26(35)31-20(14-22(28)39(2,37)38)13-18-11-12-29-25(18)34/h3-5,7-8,14,18-21,23-24H,6,9-13,15H2,1-2H3,(H,29,34)(H,30,33)(H,31,35)/b22-14-/t18-,19+,20-,21+,23+,24-/m0/s1. The van der Waals surface area contributed by atoms with E-state index in [9.17, 15) is 32.0 Å². The fraction of sp³-hybridized carbons (Fsp3) is 0.556. The summed E-state index contributed by atoms with van der Waals surface area (Å²) in [6.45, 7) is 2.10. The molecule has 6 atom stereocenters. The van der Waals surface area contributed by atoms with Crippen molar-refractivity contribution < 1.29 is 32.0 Å². The largest absolute Gasteiger partial charge is 0.356 e. The number of fused-ring (bicyclic) bond motifs is 1. The molecule has 2 aliphatic heterocycles. The lowest BCUT2D eigenvalue weighted by Crippen LogP contribution is -2.53. The SMILES string of the molecule is CC(=O)N[C@@H](C(=O)N1C[C@H]2CCC[C@H]2[C@H]1C(=O)N[C@H](/C=C(/F)S(C)(=O)=O)C[C@@H]1CCNC1=O)c1ccccc1. The van der Waals surface area contributed by atoms with Gasteiger partial charge in [0.2, 0.25) is 32.7 Å². The van der Waals surface area contributed by atoms with Crippen molar-refractivity contribution in [1.82, 2.24) is 20.9 Å². The van der Waals surface area contributed by atoms with Gasteiger partial charge in [-0.1, -0.05) is 36.8 Å². The lowest BCUT2D eigenvalue weighted by atomic mass is 9.92. The third kappa shape index (κ3) is 6.66. The summed E-state index contributed by atoms with van der Waals surface area (Å²) in [6.07, 6.45) is 4.54. The van der Waals surface area contributed by atoms with E-state index in [-0.39, 0.29) is 24.2 Å². The molecular formula is C27H35FN4O6S. The number of nitrogens with zero attached hydrogens (tertiary/aromatic N) is 1. The van der Waals surface area contributed by atoms with Crippen molar-refractivity contribution in [3.63, 3.8) is 0 Å². The molecule has 12 heteroatoms. The Morgan fingerprint density at radius 2 is 1.87 bits per heavy atom. The van der Waals surface area contributed by atoms with E-state index in [0.29, 0.717) is 25.1 Å². The Morgan fingerprint density at radius 3 is 2.49 bits per heavy atom. The number of rotatable bonds is 9. The minimum atomic E-state index is -4.15. The van der Waals surface area contributed by atoms with Crippen LogP contribution < -0.4 is 16.0 Å². The molecule has 39 heavy (non-hydrogen) atoms. The highest BCUT2D eigenvalue weighted by atomic mass is 32.2. The lowest BCUT2D eigenvalue weighted by molar-refractivity contribution is -0.142. The van der Waals surface area contributed by atoms with Crippen molar-refractivity contribution in [2.75, 3.05) is 19.3 Å². The minimum absolute atomic E-state index is 0.0216. The number of hydrogen-bond donors (Lipinski definition) is 3. The predicted octanol–water partition coefficient (Wildman–Crippen LogP) is 1.36. The van der Waals surface area contributed by atoms with Crippen LogP contribution >= 0.6 is 0 Å². The zero-order valence-electron chi connectivity index (χ0n) is 22.1. The smallest absolute Gasteiger partial charge is 0.250 e. The van der Waals surface area contributed by atoms with Gasteiger partial charge < -0.3 is 20.9 Å². The first kappa shape index (κ1) is 28.7. The first-order chi connectivity index (χ1) is 18.5. The monoisotopic (exact) mass is 562 g/mol. The normalized spacial score (nSPS) is 26.5. The van der Waals surface area contributed by atoms with E-state index in [1.807, 2.05) is 0 Å². The zero-order chi connectivity index (χ0) is 28.3. The molecule has 3 fully saturated rings. The fourth-order valence-corrected chi connectivity index (χ4v) is 6.48. The van der Waals surface area contributed by atoms with Crippen LogP contribution in [0.3, 0.4) is 0 Å². The van der Waals surface area contributed by atoms with Crippen LogP contribution in [0.1, 0.15) is 50.6 Å². The Morgan fingerprint density at radius 1 is 1.15 bits per heavy atom. The Balaban J connectivity index is 1.62. The van der Waals surface area contributed by atoms with E-state index >= 15 is 0 Å². The van der Waals surface area contributed by atoms with Crippen molar-refractivity contribution in [1.29, 1.82) is 0 Å². The van der Waals surface area contributed by atoms with Crippen LogP contribution in [0.15, 0.2) is 41.6 Å². The van der Waals surface area contributed by atoms with Gasteiger partial charge in [0, 0.05) is 32.2 Å². The number of carbonyl (C=O) groups excluding carboxylic acids is 4. The number of carbonyl (C=O) groups is 4. The molecular weight excluding hydrogens is 527 g/mol. The molecule has 4 amide bonds. The van der Waals surface area contributed by atoms with Crippen LogP contribution in [0.4, 0.5) is 4.39 Å². The highest BCUT2D eigenvalue weighted by Gasteiger charge is 2.51. The Labute approximate surface area is 227 Å². The van der Waals surface area contributed by atoms with Gasteiger partial charge in [0.15, 0.2) is 0 Å². The molecule has 0 aromatic heterocycles. The Hall–Kier alpha value is -3.28. The Bertz CT molecular complexity index is 1250. The third-order valence-corrected chi connectivity index (χ3v) is 8.73. The van der Waals surface area contributed by atoms with Crippen molar-refractivity contribution in [2.24, 2.45) is 17.8 Å². The molecule has 0 bridgehead atoms. The number of benzene rings is 1. The molecule has 1 saturated carbocycles. The summed E-state index contributed by atoms with van der Waals surface area (Å²) in [6, 6.07) is 5.83. The summed E-state index contributed by atoms with van der Waals surface area (Å²) in [5, 5.41) is 6.75. The topological polar surface area (TPSA) is 142 Å². The van der Waals surface area contributed by atoms with E-state index in [2.05, 4.69) is 16.0 Å². The average Bonchev–Trinajstić information content (AvgIpc) is 3.58. The van der Waals surface area contributed by atoms with Gasteiger partial charge in [-0.3, -0.25) is 19.2 Å². The summed E-state index contributed by atoms with van der Waals surface area (Å²) in [5.74, 6) is -2.13. The molecule has 3 N–H and O–H groups in total. The summed E-state index contributed by atoms with van der Waals surface area (Å²) in [7, 11) is -4.15. The van der Waals surface area contributed by atoms with Gasteiger partial charge >= 0.3 is 0 Å². The fourth-order valence-electron chi connectivity index (χ4n) is 6.07. The maximum atomic E-state index is 14.5. The third-order valence-electron chi connectivity index (χ3n) is 7.88. The van der Waals surface area contributed by atoms with Crippen molar-refractivity contribution in [2.45, 2.75) is 57.2 Å². The average molecular weight is 563 g/mol. The van der Waals surface area contributed by atoms with Gasteiger partial charge in [-0.15, -0.1) is 0 Å². The van der Waals surface area contributed by atoms with Crippen LogP contribution in [-0.4, -0.2) is 68.4 Å². The molecule has 0 spiro atoms. The molecule has 10 nitrogen and oxygen atoms in total. The summed E-state index contributed by atoms with van der Waals surface area (Å²) >= 11 is 0. The maximum absolute atomic E-state index is 14.5. The van der Waals surface area contributed by atoms with Crippen LogP contribution in [0.25, 0.3) is 0 Å². The van der Waals surface area contributed by atoms with E-state index in [4.69, 9.17) is 0 Å². The predicted molar refractivity (Wildman–Crippen MR) is 141 cm³/mol. The van der Waals surface area contributed by atoms with Gasteiger partial charge in [0.1, 0.15) is 12.1 Å². The number of amides is 4. The van der Waals surface area contributed by atoms with E-state index in [1.54, 1.807) is 30.3 Å². The zero-order valence-corrected chi connectivity index (χ0v) is 22.9. The van der Waals surface area contributed by atoms with Gasteiger partial charge in [0.25, 0.3) is 5.91 Å². The number of nitrogens with one attached hydrogen (secondary N) is 3. The van der Waals surface area contributed by atoms with Gasteiger partial charge in [-0.2, -0.15) is 4.39 Å². The van der Waals surface area contributed by atoms with Crippen molar-refractivity contribution >= 4 is 33.5 Å². The Kier molecular flexibility index (Phi) is 8.73. The van der Waals surface area contributed by atoms with Gasteiger partial charge in [-0.25, -0.2) is 8.42 Å². The molecule has 2 heterocycles. The van der Waals surface area contributed by atoms with Crippen LogP contribution in [-0.2, 0) is 29.0 Å². The van der Waals surface area contributed by atoms with Crippen LogP contribution in [0, 0.1) is 17.8 Å². The summed E-state index contributed by atoms with van der Waals surface area (Å²) in [4.78, 5) is 53.3. The van der Waals surface area contributed by atoms with Gasteiger partial charge in [0.05, 0.1) is 6.04 Å². The number of likely N-dealkylation sites (tertiary alicyclic amines) is 1. The van der Waals surface area contributed by atoms with E-state index in [1.165, 1.54) is 11.8 Å². The second-order valence-corrected chi connectivity index (χ2v) is 12.6. The molecule has 3 aliphatic rings. The molecule has 1 aromatic carbocycles.